The quantitative estimate of drug-likeness (QED) is 0.578. The highest BCUT2D eigenvalue weighted by Crippen LogP contribution is 2.37. The Morgan fingerprint density at radius 1 is 1.24 bits per heavy atom. The third-order valence-electron chi connectivity index (χ3n) is 4.59. The molecule has 0 aliphatic carbocycles. The minimum atomic E-state index is -3.54. The van der Waals surface area contributed by atoms with E-state index in [-0.39, 0.29) is 29.5 Å². The number of nitrogens with one attached hydrogen (secondary N) is 1. The number of rotatable bonds is 6. The van der Waals surface area contributed by atoms with Gasteiger partial charge in [0.25, 0.3) is 0 Å². The van der Waals surface area contributed by atoms with Gasteiger partial charge in [-0.1, -0.05) is 18.2 Å². The highest BCUT2D eigenvalue weighted by Gasteiger charge is 2.28. The molecule has 3 rings (SSSR count). The van der Waals surface area contributed by atoms with Gasteiger partial charge < -0.3 is 27.4 Å². The zero-order valence-electron chi connectivity index (χ0n) is 16.1. The molecule has 0 atom stereocenters. The first-order valence-electron chi connectivity index (χ1n) is 8.81. The number of likely N-dealkylation sites (N-methyl/N-ethyl adjacent to an activating group) is 1. The number of benzene rings is 1. The summed E-state index contributed by atoms with van der Waals surface area (Å²) in [6, 6.07) is 8.03. The van der Waals surface area contributed by atoms with E-state index in [1.807, 2.05) is 7.05 Å². The smallest absolute Gasteiger partial charge is 0.341 e. The minimum Gasteiger partial charge on any atom is -1.00 e. The molecule has 2 heterocycles. The number of sulfone groups is 1. The molecular weight excluding hydrogens is 436 g/mol. The average molecular weight is 458 g/mol. The molecule has 1 N–H and O–H groups in total. The molecule has 1 aliphatic heterocycles. The molecule has 1 aromatic carbocycles. The van der Waals surface area contributed by atoms with E-state index in [2.05, 4.69) is 10.2 Å². The summed E-state index contributed by atoms with van der Waals surface area (Å²) in [7, 11) is -0.246. The SMILES string of the molecule is COC(=O)c1c(NC(=O)CCS(=O)(=O)c2ccccc2)sc2c1CCN(C)C2.[Cl-]. The number of amides is 1. The summed E-state index contributed by atoms with van der Waals surface area (Å²) in [5.41, 5.74) is 1.29. The van der Waals surface area contributed by atoms with Crippen LogP contribution in [0.1, 0.15) is 27.2 Å². The van der Waals surface area contributed by atoms with E-state index in [0.29, 0.717) is 23.5 Å². The number of carbonyl (C=O) groups excluding carboxylic acids is 2. The fraction of sp³-hybridized carbons (Fsp3) is 0.368. The van der Waals surface area contributed by atoms with E-state index in [4.69, 9.17) is 4.74 Å². The number of nitrogens with zero attached hydrogens (tertiary/aromatic N) is 1. The topological polar surface area (TPSA) is 92.8 Å². The Labute approximate surface area is 180 Å². The predicted octanol–water partition coefficient (Wildman–Crippen LogP) is -0.671. The lowest BCUT2D eigenvalue weighted by molar-refractivity contribution is -0.115. The zero-order valence-corrected chi connectivity index (χ0v) is 18.5. The molecular formula is C19H22ClN2O5S2-. The maximum Gasteiger partial charge on any atom is 0.341 e. The molecule has 0 fully saturated rings. The number of hydrogen-bond donors (Lipinski definition) is 1. The summed E-state index contributed by atoms with van der Waals surface area (Å²) in [6.45, 7) is 1.51. The van der Waals surface area contributed by atoms with Gasteiger partial charge in [0, 0.05) is 24.4 Å². The summed E-state index contributed by atoms with van der Waals surface area (Å²) >= 11 is 1.34. The number of hydrogen-bond acceptors (Lipinski definition) is 7. The Morgan fingerprint density at radius 2 is 1.93 bits per heavy atom. The van der Waals surface area contributed by atoms with Crippen LogP contribution in [0.25, 0.3) is 0 Å². The van der Waals surface area contributed by atoms with Crippen LogP contribution in [0.3, 0.4) is 0 Å². The lowest BCUT2D eigenvalue weighted by Gasteiger charge is -2.22. The summed E-state index contributed by atoms with van der Waals surface area (Å²) in [4.78, 5) is 28.0. The second-order valence-electron chi connectivity index (χ2n) is 6.62. The highest BCUT2D eigenvalue weighted by atomic mass is 35.5. The van der Waals surface area contributed by atoms with Gasteiger partial charge in [-0.15, -0.1) is 11.3 Å². The molecule has 10 heteroatoms. The Morgan fingerprint density at radius 3 is 2.59 bits per heavy atom. The first kappa shape index (κ1) is 23.3. The maximum absolute atomic E-state index is 12.4. The van der Waals surface area contributed by atoms with E-state index in [0.717, 1.165) is 17.0 Å². The van der Waals surface area contributed by atoms with Gasteiger partial charge in [0.1, 0.15) is 5.00 Å². The molecule has 7 nitrogen and oxygen atoms in total. The maximum atomic E-state index is 12.4. The standard InChI is InChI=1S/C19H22N2O5S2.ClH/c1-21-10-8-14-15(12-21)27-18(17(14)19(23)26-2)20-16(22)9-11-28(24,25)13-6-4-3-5-7-13;/h3-7H,8-12H2,1-2H3,(H,20,22);1H/p-1. The van der Waals surface area contributed by atoms with E-state index in [9.17, 15) is 18.0 Å². The minimum absolute atomic E-state index is 0. The molecule has 0 spiro atoms. The number of anilines is 1. The number of fused-ring (bicyclic) bond motifs is 1. The highest BCUT2D eigenvalue weighted by molar-refractivity contribution is 7.91. The largest absolute Gasteiger partial charge is 1.00 e. The number of carbonyl (C=O) groups is 2. The summed E-state index contributed by atoms with van der Waals surface area (Å²) < 4.78 is 29.6. The van der Waals surface area contributed by atoms with Crippen molar-refractivity contribution < 1.29 is 35.2 Å². The molecule has 2 aromatic rings. The average Bonchev–Trinajstić information content (AvgIpc) is 3.03. The van der Waals surface area contributed by atoms with E-state index >= 15 is 0 Å². The van der Waals surface area contributed by atoms with Gasteiger partial charge in [0.2, 0.25) is 5.91 Å². The van der Waals surface area contributed by atoms with Crippen LogP contribution in [0.15, 0.2) is 35.2 Å². The van der Waals surface area contributed by atoms with Crippen LogP contribution in [0, 0.1) is 0 Å². The molecule has 1 aromatic heterocycles. The molecule has 158 valence electrons. The molecule has 0 saturated carbocycles. The van der Waals surface area contributed by atoms with Crippen molar-refractivity contribution in [2.24, 2.45) is 0 Å². The monoisotopic (exact) mass is 457 g/mol. The summed E-state index contributed by atoms with van der Waals surface area (Å²) in [6.07, 6.45) is 0.505. The van der Waals surface area contributed by atoms with Gasteiger partial charge in [-0.25, -0.2) is 13.2 Å². The molecule has 0 saturated heterocycles. The van der Waals surface area contributed by atoms with Crippen molar-refractivity contribution in [3.8, 4) is 0 Å². The van der Waals surface area contributed by atoms with Gasteiger partial charge in [0.05, 0.1) is 23.3 Å². The number of halogens is 1. The van der Waals surface area contributed by atoms with Gasteiger partial charge in [-0.3, -0.25) is 4.79 Å². The molecule has 0 bridgehead atoms. The third-order valence-corrected chi connectivity index (χ3v) is 7.45. The lowest BCUT2D eigenvalue weighted by Crippen LogP contribution is -3.00. The van der Waals surface area contributed by atoms with Crippen LogP contribution in [0.5, 0.6) is 0 Å². The Kier molecular flexibility index (Phi) is 7.81. The van der Waals surface area contributed by atoms with Crippen LogP contribution in [-0.4, -0.2) is 51.6 Å². The molecule has 29 heavy (non-hydrogen) atoms. The zero-order chi connectivity index (χ0) is 20.3. The van der Waals surface area contributed by atoms with Crippen molar-refractivity contribution in [1.82, 2.24) is 4.90 Å². The van der Waals surface area contributed by atoms with Crippen LogP contribution >= 0.6 is 11.3 Å². The van der Waals surface area contributed by atoms with Gasteiger partial charge in [-0.2, -0.15) is 0 Å². The number of ether oxygens (including phenoxy) is 1. The van der Waals surface area contributed by atoms with Gasteiger partial charge in [0.15, 0.2) is 9.84 Å². The number of thiophene rings is 1. The predicted molar refractivity (Wildman–Crippen MR) is 107 cm³/mol. The second kappa shape index (κ2) is 9.71. The fourth-order valence-corrected chi connectivity index (χ4v) is 5.69. The van der Waals surface area contributed by atoms with Crippen molar-refractivity contribution in [1.29, 1.82) is 0 Å². The van der Waals surface area contributed by atoms with Gasteiger partial charge in [-0.05, 0) is 31.2 Å². The first-order chi connectivity index (χ1) is 13.3. The number of esters is 1. The molecule has 1 aliphatic rings. The van der Waals surface area contributed by atoms with Crippen molar-refractivity contribution in [3.05, 3.63) is 46.3 Å². The summed E-state index contributed by atoms with van der Waals surface area (Å²) in [5.74, 6) is -1.24. The van der Waals surface area contributed by atoms with Crippen LogP contribution < -0.4 is 17.7 Å². The van der Waals surface area contributed by atoms with Crippen LogP contribution in [0.4, 0.5) is 5.00 Å². The lowest BCUT2D eigenvalue weighted by atomic mass is 10.0. The van der Waals surface area contributed by atoms with Crippen molar-refractivity contribution in [2.75, 3.05) is 31.8 Å². The fourth-order valence-electron chi connectivity index (χ4n) is 3.10. The second-order valence-corrected chi connectivity index (χ2v) is 9.83. The van der Waals surface area contributed by atoms with E-state index < -0.39 is 21.7 Å². The van der Waals surface area contributed by atoms with Crippen molar-refractivity contribution in [3.63, 3.8) is 0 Å². The summed E-state index contributed by atoms with van der Waals surface area (Å²) in [5, 5.41) is 3.14. The Balaban J connectivity index is 0.00000300. The van der Waals surface area contributed by atoms with Gasteiger partial charge >= 0.3 is 5.97 Å². The molecule has 1 amide bonds. The molecule has 0 unspecified atom stereocenters. The molecule has 0 radical (unpaired) electrons. The van der Waals surface area contributed by atoms with Crippen molar-refractivity contribution >= 4 is 38.1 Å². The normalized spacial score (nSPS) is 13.9. The number of methoxy groups -OCH3 is 1. The van der Waals surface area contributed by atoms with E-state index in [1.165, 1.54) is 30.6 Å². The van der Waals surface area contributed by atoms with Crippen LogP contribution in [0.2, 0.25) is 0 Å². The Hall–Kier alpha value is -1.94. The Bertz CT molecular complexity index is 990. The first-order valence-corrected chi connectivity index (χ1v) is 11.3. The van der Waals surface area contributed by atoms with E-state index in [1.54, 1.807) is 18.2 Å². The third kappa shape index (κ3) is 5.36. The van der Waals surface area contributed by atoms with Crippen molar-refractivity contribution in [2.45, 2.75) is 24.3 Å². The van der Waals surface area contributed by atoms with Crippen LogP contribution in [-0.2, 0) is 32.3 Å².